The summed E-state index contributed by atoms with van der Waals surface area (Å²) in [5.74, 6) is 2.00. The maximum Gasteiger partial charge on any atom is 0.143 e. The van der Waals surface area contributed by atoms with Gasteiger partial charge in [-0.1, -0.05) is 18.9 Å². The lowest BCUT2D eigenvalue weighted by molar-refractivity contribution is -0.120. The van der Waals surface area contributed by atoms with Crippen LogP contribution < -0.4 is 4.74 Å². The maximum absolute atomic E-state index is 11.7. The van der Waals surface area contributed by atoms with Gasteiger partial charge in [-0.15, -0.1) is 0 Å². The van der Waals surface area contributed by atoms with E-state index in [0.717, 1.165) is 18.7 Å². The van der Waals surface area contributed by atoms with Gasteiger partial charge in [-0.25, -0.2) is 0 Å². The van der Waals surface area contributed by atoms with E-state index in [1.807, 2.05) is 0 Å². The van der Waals surface area contributed by atoms with E-state index in [1.165, 1.54) is 37.7 Å². The molecular formula is C20H27NO2. The highest BCUT2D eigenvalue weighted by Gasteiger charge is 2.53. The second-order valence-electron chi connectivity index (χ2n) is 7.73. The number of carbonyl (C=O) groups is 1. The first kappa shape index (κ1) is 15.2. The summed E-state index contributed by atoms with van der Waals surface area (Å²) in [4.78, 5) is 14.2. The van der Waals surface area contributed by atoms with Gasteiger partial charge < -0.3 is 4.74 Å². The number of Topliss-reactive ketones (excluding diaryl/α,β-unsaturated/α-hetero) is 1. The van der Waals surface area contributed by atoms with Crippen molar-refractivity contribution in [2.24, 2.45) is 5.92 Å². The Balaban J connectivity index is 1.79. The summed E-state index contributed by atoms with van der Waals surface area (Å²) in [5, 5.41) is 0. The Hall–Kier alpha value is -1.35. The van der Waals surface area contributed by atoms with Crippen LogP contribution in [-0.4, -0.2) is 36.9 Å². The predicted molar refractivity (Wildman–Crippen MR) is 91.0 cm³/mol. The molecule has 23 heavy (non-hydrogen) atoms. The van der Waals surface area contributed by atoms with E-state index in [4.69, 9.17) is 4.74 Å². The van der Waals surface area contributed by atoms with Gasteiger partial charge in [-0.05, 0) is 68.3 Å². The van der Waals surface area contributed by atoms with E-state index in [9.17, 15) is 4.79 Å². The fraction of sp³-hybridized carbons (Fsp3) is 0.650. The highest BCUT2D eigenvalue weighted by atomic mass is 16.5. The number of carbonyl (C=O) groups excluding carboxylic acids is 1. The quantitative estimate of drug-likeness (QED) is 0.857. The molecule has 2 bridgehead atoms. The number of ketones is 1. The number of methoxy groups -OCH3 is 1. The molecule has 4 rings (SSSR count). The van der Waals surface area contributed by atoms with Gasteiger partial charge in [0.15, 0.2) is 0 Å². The second kappa shape index (κ2) is 5.62. The summed E-state index contributed by atoms with van der Waals surface area (Å²) in [6.07, 6.45) is 7.60. The summed E-state index contributed by atoms with van der Waals surface area (Å²) in [5.41, 5.74) is 3.38. The van der Waals surface area contributed by atoms with Crippen molar-refractivity contribution in [3.63, 3.8) is 0 Å². The number of likely N-dealkylation sites (tertiary alicyclic amines) is 1. The fourth-order valence-corrected chi connectivity index (χ4v) is 5.67. The number of nitrogens with zero attached hydrogens (tertiary/aromatic N) is 1. The van der Waals surface area contributed by atoms with Crippen molar-refractivity contribution in [2.45, 2.75) is 56.9 Å². The standard InChI is InChI=1S/C20H27NO2/c1-14(22)13-21-10-9-20-8-4-3-5-17(20)19(21)11-15-6-7-16(23-2)12-18(15)20/h6-7,12,17,19H,3-5,8-11,13H2,1-2H3/t17?,19-,20-/m0/s1. The third-order valence-electron chi connectivity index (χ3n) is 6.58. The van der Waals surface area contributed by atoms with Crippen molar-refractivity contribution in [3.8, 4) is 5.75 Å². The van der Waals surface area contributed by atoms with E-state index in [1.54, 1.807) is 19.6 Å². The van der Waals surface area contributed by atoms with Crippen molar-refractivity contribution in [1.82, 2.24) is 4.90 Å². The third kappa shape index (κ3) is 2.32. The minimum Gasteiger partial charge on any atom is -0.497 e. The Bertz CT molecular complexity index is 626. The molecule has 2 aliphatic carbocycles. The van der Waals surface area contributed by atoms with Gasteiger partial charge in [0.05, 0.1) is 13.7 Å². The lowest BCUT2D eigenvalue weighted by Gasteiger charge is -2.59. The smallest absolute Gasteiger partial charge is 0.143 e. The van der Waals surface area contributed by atoms with Gasteiger partial charge >= 0.3 is 0 Å². The number of ether oxygens (including phenoxy) is 1. The van der Waals surface area contributed by atoms with Gasteiger partial charge in [0.25, 0.3) is 0 Å². The number of fused-ring (bicyclic) bond motifs is 1. The fourth-order valence-electron chi connectivity index (χ4n) is 5.67. The lowest BCUT2D eigenvalue weighted by atomic mass is 9.52. The Labute approximate surface area is 139 Å². The molecule has 3 nitrogen and oxygen atoms in total. The van der Waals surface area contributed by atoms with Crippen molar-refractivity contribution in [1.29, 1.82) is 0 Å². The minimum absolute atomic E-state index is 0.300. The van der Waals surface area contributed by atoms with Crippen molar-refractivity contribution in [3.05, 3.63) is 29.3 Å². The maximum atomic E-state index is 11.7. The van der Waals surface area contributed by atoms with Gasteiger partial charge in [0, 0.05) is 11.5 Å². The van der Waals surface area contributed by atoms with Crippen LogP contribution in [0.5, 0.6) is 5.75 Å². The van der Waals surface area contributed by atoms with Crippen LogP contribution >= 0.6 is 0 Å². The molecule has 124 valence electrons. The lowest BCUT2D eigenvalue weighted by Crippen LogP contribution is -2.61. The van der Waals surface area contributed by atoms with Crippen LogP contribution in [0, 0.1) is 5.92 Å². The van der Waals surface area contributed by atoms with Crippen LogP contribution in [0.4, 0.5) is 0 Å². The predicted octanol–water partition coefficient (Wildman–Crippen LogP) is 3.34. The first-order valence-electron chi connectivity index (χ1n) is 9.05. The molecule has 0 spiro atoms. The number of hydrogen-bond acceptors (Lipinski definition) is 3. The first-order chi connectivity index (χ1) is 11.1. The van der Waals surface area contributed by atoms with Crippen molar-refractivity contribution >= 4 is 5.78 Å². The zero-order chi connectivity index (χ0) is 16.0. The average molecular weight is 313 g/mol. The molecule has 1 saturated heterocycles. The Morgan fingerprint density at radius 3 is 3.00 bits per heavy atom. The Kier molecular flexibility index (Phi) is 3.72. The summed E-state index contributed by atoms with van der Waals surface area (Å²) in [6, 6.07) is 7.23. The highest BCUT2D eigenvalue weighted by Crippen LogP contribution is 2.56. The van der Waals surface area contributed by atoms with E-state index in [0.29, 0.717) is 29.7 Å². The number of benzene rings is 1. The molecule has 3 aliphatic rings. The molecule has 1 heterocycles. The zero-order valence-electron chi connectivity index (χ0n) is 14.3. The van der Waals surface area contributed by atoms with Crippen molar-refractivity contribution < 1.29 is 9.53 Å². The molecule has 1 saturated carbocycles. The molecule has 0 aromatic heterocycles. The molecule has 1 aromatic rings. The van der Waals surface area contributed by atoms with Crippen molar-refractivity contribution in [2.75, 3.05) is 20.2 Å². The summed E-state index contributed by atoms with van der Waals surface area (Å²) in [7, 11) is 1.76. The average Bonchev–Trinajstić information content (AvgIpc) is 2.56. The van der Waals surface area contributed by atoms with Gasteiger partial charge in [-0.2, -0.15) is 0 Å². The van der Waals surface area contributed by atoms with Crippen LogP contribution in [0.3, 0.4) is 0 Å². The normalized spacial score (nSPS) is 32.8. The monoisotopic (exact) mass is 313 g/mol. The number of hydrogen-bond donors (Lipinski definition) is 0. The molecule has 3 heteroatoms. The molecular weight excluding hydrogens is 286 g/mol. The van der Waals surface area contributed by atoms with Gasteiger partial charge in [0.2, 0.25) is 0 Å². The Morgan fingerprint density at radius 1 is 1.35 bits per heavy atom. The minimum atomic E-state index is 0.300. The van der Waals surface area contributed by atoms with Crippen LogP contribution in [0.1, 0.15) is 50.2 Å². The molecule has 0 N–H and O–H groups in total. The van der Waals surface area contributed by atoms with E-state index in [-0.39, 0.29) is 0 Å². The van der Waals surface area contributed by atoms with E-state index in [2.05, 4.69) is 23.1 Å². The SMILES string of the molecule is COc1ccc2c(c1)[C@]13CCCCC1[C@H](C2)N(CC(C)=O)CC3. The first-order valence-corrected chi connectivity index (χ1v) is 9.05. The largest absolute Gasteiger partial charge is 0.497 e. The van der Waals surface area contributed by atoms with Crippen LogP contribution in [0.25, 0.3) is 0 Å². The zero-order valence-corrected chi connectivity index (χ0v) is 14.3. The van der Waals surface area contributed by atoms with Crippen LogP contribution in [-0.2, 0) is 16.6 Å². The highest BCUT2D eigenvalue weighted by molar-refractivity contribution is 5.77. The third-order valence-corrected chi connectivity index (χ3v) is 6.58. The molecule has 0 radical (unpaired) electrons. The number of rotatable bonds is 3. The Morgan fingerprint density at radius 2 is 2.22 bits per heavy atom. The molecule has 1 aliphatic heterocycles. The molecule has 0 amide bonds. The second-order valence-corrected chi connectivity index (χ2v) is 7.73. The molecule has 1 aromatic carbocycles. The van der Waals surface area contributed by atoms with Crippen LogP contribution in [0.15, 0.2) is 18.2 Å². The molecule has 2 fully saturated rings. The summed E-state index contributed by atoms with van der Waals surface area (Å²) >= 11 is 0. The van der Waals surface area contributed by atoms with E-state index >= 15 is 0 Å². The summed E-state index contributed by atoms with van der Waals surface area (Å²) < 4.78 is 5.51. The van der Waals surface area contributed by atoms with Gasteiger partial charge in [0.1, 0.15) is 11.5 Å². The summed E-state index contributed by atoms with van der Waals surface area (Å²) in [6.45, 7) is 3.42. The topological polar surface area (TPSA) is 29.5 Å². The number of piperidine rings is 1. The molecule has 1 unspecified atom stereocenters. The van der Waals surface area contributed by atoms with E-state index < -0.39 is 0 Å². The molecule has 3 atom stereocenters. The van der Waals surface area contributed by atoms with Gasteiger partial charge in [-0.3, -0.25) is 9.69 Å². The van der Waals surface area contributed by atoms with Crippen LogP contribution in [0.2, 0.25) is 0 Å².